The third kappa shape index (κ3) is 4.09. The molecule has 1 fully saturated rings. The Balaban J connectivity index is 1.44. The van der Waals surface area contributed by atoms with Gasteiger partial charge in [0.25, 0.3) is 11.5 Å². The zero-order valence-electron chi connectivity index (χ0n) is 17.7. The van der Waals surface area contributed by atoms with Gasteiger partial charge in [-0.3, -0.25) is 14.6 Å². The van der Waals surface area contributed by atoms with Crippen LogP contribution in [0.3, 0.4) is 0 Å². The molecule has 160 valence electrons. The summed E-state index contributed by atoms with van der Waals surface area (Å²) in [6, 6.07) is 20.8. The van der Waals surface area contributed by atoms with E-state index in [1.54, 1.807) is 12.1 Å². The van der Waals surface area contributed by atoms with Gasteiger partial charge in [-0.25, -0.2) is 4.98 Å². The molecular weight excluding hydrogens is 402 g/mol. The highest BCUT2D eigenvalue weighted by Gasteiger charge is 2.28. The molecule has 7 heteroatoms. The number of H-pyrrole nitrogens is 1. The SMILES string of the molecule is CCc1cc(=O)[nH]c(-n2nc(C3CC3)cc2NC(=O)c2ccc(-c3ccccc3)cc2)n1. The second-order valence-corrected chi connectivity index (χ2v) is 7.95. The Morgan fingerprint density at radius 2 is 1.78 bits per heavy atom. The Kier molecular flexibility index (Phi) is 5.15. The lowest BCUT2D eigenvalue weighted by atomic mass is 10.0. The standard InChI is InChI=1S/C25H23N5O2/c1-2-20-14-23(31)28-25(26-20)30-22(15-21(29-30)18-10-11-18)27-24(32)19-12-8-17(9-13-19)16-6-4-3-5-7-16/h3-9,12-15,18H,2,10-11H2,1H3,(H,27,32)(H,26,28,31). The molecule has 0 unspecified atom stereocenters. The fourth-order valence-electron chi connectivity index (χ4n) is 3.64. The van der Waals surface area contributed by atoms with Crippen LogP contribution in [0.25, 0.3) is 17.1 Å². The van der Waals surface area contributed by atoms with Crippen molar-refractivity contribution >= 4 is 11.7 Å². The summed E-state index contributed by atoms with van der Waals surface area (Å²) in [7, 11) is 0. The zero-order valence-corrected chi connectivity index (χ0v) is 17.7. The molecule has 32 heavy (non-hydrogen) atoms. The van der Waals surface area contributed by atoms with Crippen molar-refractivity contribution in [3.63, 3.8) is 0 Å². The second kappa shape index (κ2) is 8.26. The number of benzene rings is 2. The van der Waals surface area contributed by atoms with Gasteiger partial charge in [0, 0.05) is 29.3 Å². The van der Waals surface area contributed by atoms with E-state index < -0.39 is 0 Å². The molecule has 0 spiro atoms. The number of nitrogens with one attached hydrogen (secondary N) is 2. The first kappa shape index (κ1) is 19.9. The summed E-state index contributed by atoms with van der Waals surface area (Å²) in [6.07, 6.45) is 2.78. The maximum Gasteiger partial charge on any atom is 0.256 e. The molecule has 1 aliphatic rings. The van der Waals surface area contributed by atoms with Crippen molar-refractivity contribution in [2.45, 2.75) is 32.1 Å². The van der Waals surface area contributed by atoms with Gasteiger partial charge in [-0.15, -0.1) is 0 Å². The Morgan fingerprint density at radius 1 is 1.06 bits per heavy atom. The molecule has 0 saturated heterocycles. The molecule has 2 aromatic carbocycles. The molecule has 1 amide bonds. The average molecular weight is 425 g/mol. The second-order valence-electron chi connectivity index (χ2n) is 7.95. The molecule has 5 rings (SSSR count). The summed E-state index contributed by atoms with van der Waals surface area (Å²) < 4.78 is 1.52. The molecule has 1 saturated carbocycles. The molecule has 1 aliphatic carbocycles. The van der Waals surface area contributed by atoms with Crippen molar-refractivity contribution in [2.75, 3.05) is 5.32 Å². The minimum atomic E-state index is -0.248. The number of carbonyl (C=O) groups excluding carboxylic acids is 1. The number of nitrogens with zero attached hydrogens (tertiary/aromatic N) is 3. The minimum absolute atomic E-state index is 0.246. The number of carbonyl (C=O) groups is 1. The summed E-state index contributed by atoms with van der Waals surface area (Å²) in [5.41, 5.74) is 3.99. The number of aromatic amines is 1. The third-order valence-electron chi connectivity index (χ3n) is 5.56. The largest absolute Gasteiger partial charge is 0.306 e. The fourth-order valence-corrected chi connectivity index (χ4v) is 3.64. The van der Waals surface area contributed by atoms with Crippen molar-refractivity contribution in [1.29, 1.82) is 0 Å². The van der Waals surface area contributed by atoms with Crippen LogP contribution in [0.15, 0.2) is 71.5 Å². The summed E-state index contributed by atoms with van der Waals surface area (Å²) in [5, 5.41) is 7.57. The number of anilines is 1. The predicted molar refractivity (Wildman–Crippen MR) is 123 cm³/mol. The van der Waals surface area contributed by atoms with Gasteiger partial charge in [-0.05, 0) is 42.5 Å². The van der Waals surface area contributed by atoms with Crippen LogP contribution in [0, 0.1) is 0 Å². The fraction of sp³-hybridized carbons (Fsp3) is 0.200. The highest BCUT2D eigenvalue weighted by atomic mass is 16.1. The van der Waals surface area contributed by atoms with E-state index in [1.807, 2.05) is 55.5 Å². The van der Waals surface area contributed by atoms with Crippen molar-refractivity contribution in [1.82, 2.24) is 19.7 Å². The maximum atomic E-state index is 13.0. The van der Waals surface area contributed by atoms with Crippen molar-refractivity contribution in [3.05, 3.63) is 94.0 Å². The molecule has 0 aliphatic heterocycles. The molecule has 0 bridgehead atoms. The number of hydrogen-bond donors (Lipinski definition) is 2. The zero-order chi connectivity index (χ0) is 22.1. The molecule has 2 heterocycles. The van der Waals surface area contributed by atoms with Gasteiger partial charge in [-0.1, -0.05) is 49.4 Å². The van der Waals surface area contributed by atoms with E-state index in [9.17, 15) is 9.59 Å². The molecule has 4 aromatic rings. The third-order valence-corrected chi connectivity index (χ3v) is 5.56. The Hall–Kier alpha value is -4.00. The van der Waals surface area contributed by atoms with Gasteiger partial charge >= 0.3 is 0 Å². The maximum absolute atomic E-state index is 13.0. The molecule has 0 atom stereocenters. The van der Waals surface area contributed by atoms with Gasteiger partial charge in [0.1, 0.15) is 5.82 Å². The van der Waals surface area contributed by atoms with E-state index in [0.717, 1.165) is 29.7 Å². The monoisotopic (exact) mass is 425 g/mol. The van der Waals surface area contributed by atoms with E-state index in [0.29, 0.717) is 35.4 Å². The van der Waals surface area contributed by atoms with E-state index in [2.05, 4.69) is 20.4 Å². The van der Waals surface area contributed by atoms with Crippen LogP contribution in [0.4, 0.5) is 5.82 Å². The lowest BCUT2D eigenvalue weighted by Gasteiger charge is -2.09. The van der Waals surface area contributed by atoms with Crippen LogP contribution >= 0.6 is 0 Å². The average Bonchev–Trinajstić information content (AvgIpc) is 3.59. The van der Waals surface area contributed by atoms with Crippen LogP contribution in [0.2, 0.25) is 0 Å². The molecule has 2 N–H and O–H groups in total. The minimum Gasteiger partial charge on any atom is -0.306 e. The van der Waals surface area contributed by atoms with E-state index in [-0.39, 0.29) is 11.5 Å². The van der Waals surface area contributed by atoms with Gasteiger partial charge < -0.3 is 5.32 Å². The smallest absolute Gasteiger partial charge is 0.256 e. The van der Waals surface area contributed by atoms with Crippen LogP contribution in [-0.4, -0.2) is 25.7 Å². The summed E-state index contributed by atoms with van der Waals surface area (Å²) in [6.45, 7) is 1.94. The lowest BCUT2D eigenvalue weighted by Crippen LogP contribution is -2.19. The van der Waals surface area contributed by atoms with Crippen molar-refractivity contribution in [3.8, 4) is 17.1 Å². The van der Waals surface area contributed by atoms with Crippen molar-refractivity contribution in [2.24, 2.45) is 0 Å². The van der Waals surface area contributed by atoms with Crippen LogP contribution < -0.4 is 10.9 Å². The number of aromatic nitrogens is 4. The number of aryl methyl sites for hydroxylation is 1. The lowest BCUT2D eigenvalue weighted by molar-refractivity contribution is 0.102. The Bertz CT molecular complexity index is 1320. The Morgan fingerprint density at radius 3 is 2.47 bits per heavy atom. The Labute approximate surface area is 185 Å². The van der Waals surface area contributed by atoms with Gasteiger partial charge in [-0.2, -0.15) is 9.78 Å². The summed E-state index contributed by atoms with van der Waals surface area (Å²) in [4.78, 5) is 32.3. The predicted octanol–water partition coefficient (Wildman–Crippen LogP) is 4.31. The first-order valence-electron chi connectivity index (χ1n) is 10.8. The van der Waals surface area contributed by atoms with Gasteiger partial charge in [0.2, 0.25) is 5.95 Å². The topological polar surface area (TPSA) is 92.7 Å². The first-order valence-corrected chi connectivity index (χ1v) is 10.8. The molecule has 7 nitrogen and oxygen atoms in total. The summed E-state index contributed by atoms with van der Waals surface area (Å²) >= 11 is 0. The highest BCUT2D eigenvalue weighted by molar-refractivity contribution is 6.04. The highest BCUT2D eigenvalue weighted by Crippen LogP contribution is 2.40. The number of hydrogen-bond acceptors (Lipinski definition) is 4. The number of rotatable bonds is 6. The van der Waals surface area contributed by atoms with Crippen LogP contribution in [-0.2, 0) is 6.42 Å². The molecular formula is C25H23N5O2. The normalized spacial score (nSPS) is 13.2. The van der Waals surface area contributed by atoms with E-state index in [1.165, 1.54) is 10.7 Å². The summed E-state index contributed by atoms with van der Waals surface area (Å²) in [5.74, 6) is 0.927. The van der Waals surface area contributed by atoms with Crippen molar-refractivity contribution < 1.29 is 4.79 Å². The van der Waals surface area contributed by atoms with Gasteiger partial charge in [0.05, 0.1) is 5.69 Å². The molecule has 2 aromatic heterocycles. The molecule has 0 radical (unpaired) electrons. The van der Waals surface area contributed by atoms with Crippen LogP contribution in [0.1, 0.15) is 47.4 Å². The first-order chi connectivity index (χ1) is 15.6. The van der Waals surface area contributed by atoms with E-state index >= 15 is 0 Å². The van der Waals surface area contributed by atoms with Crippen LogP contribution in [0.5, 0.6) is 0 Å². The van der Waals surface area contributed by atoms with E-state index in [4.69, 9.17) is 0 Å². The quantitative estimate of drug-likeness (QED) is 0.481. The van der Waals surface area contributed by atoms with Gasteiger partial charge in [0.15, 0.2) is 0 Å². The number of amides is 1.